The van der Waals surface area contributed by atoms with Crippen LogP contribution in [0.25, 0.3) is 0 Å². The van der Waals surface area contributed by atoms with Gasteiger partial charge in [0, 0.05) is 13.1 Å². The van der Waals surface area contributed by atoms with Gasteiger partial charge >= 0.3 is 5.97 Å². The molecule has 1 aliphatic heterocycles. The third kappa shape index (κ3) is 3.20. The standard InChI is InChI=1S/C10H18N2O3/c1-7(2)9(10(14)15)12-5-3-4-11-8(13)6-12/h7,9H,3-6H2,1-2H3,(H,11,13)(H,14,15). The molecule has 5 nitrogen and oxygen atoms in total. The van der Waals surface area contributed by atoms with Crippen molar-refractivity contribution in [2.45, 2.75) is 26.3 Å². The summed E-state index contributed by atoms with van der Waals surface area (Å²) >= 11 is 0. The minimum absolute atomic E-state index is 0.00778. The number of amides is 1. The van der Waals surface area contributed by atoms with E-state index in [9.17, 15) is 9.59 Å². The molecule has 0 radical (unpaired) electrons. The number of nitrogens with zero attached hydrogens (tertiary/aromatic N) is 1. The highest BCUT2D eigenvalue weighted by atomic mass is 16.4. The molecule has 0 aromatic rings. The van der Waals surface area contributed by atoms with E-state index in [2.05, 4.69) is 5.32 Å². The molecule has 1 heterocycles. The van der Waals surface area contributed by atoms with Gasteiger partial charge in [0.25, 0.3) is 0 Å². The van der Waals surface area contributed by atoms with Gasteiger partial charge in [-0.25, -0.2) is 0 Å². The molecule has 86 valence electrons. The van der Waals surface area contributed by atoms with Crippen LogP contribution >= 0.6 is 0 Å². The lowest BCUT2D eigenvalue weighted by Gasteiger charge is -2.28. The van der Waals surface area contributed by atoms with Crippen LogP contribution in [0.1, 0.15) is 20.3 Å². The van der Waals surface area contributed by atoms with Gasteiger partial charge in [0.1, 0.15) is 6.04 Å². The van der Waals surface area contributed by atoms with E-state index in [-0.39, 0.29) is 18.4 Å². The third-order valence-electron chi connectivity index (χ3n) is 2.57. The van der Waals surface area contributed by atoms with E-state index in [4.69, 9.17) is 5.11 Å². The number of aliphatic carboxylic acids is 1. The fourth-order valence-corrected chi connectivity index (χ4v) is 1.93. The Bertz CT molecular complexity index is 253. The van der Waals surface area contributed by atoms with E-state index in [0.29, 0.717) is 13.1 Å². The molecule has 5 heteroatoms. The molecule has 1 saturated heterocycles. The van der Waals surface area contributed by atoms with Crippen LogP contribution in [-0.2, 0) is 9.59 Å². The molecular formula is C10H18N2O3. The predicted octanol–water partition coefficient (Wildman–Crippen LogP) is -0.0825. The number of hydrogen-bond donors (Lipinski definition) is 2. The number of rotatable bonds is 3. The molecule has 0 saturated carbocycles. The van der Waals surface area contributed by atoms with Crippen molar-refractivity contribution in [3.05, 3.63) is 0 Å². The second kappa shape index (κ2) is 5.11. The van der Waals surface area contributed by atoms with Gasteiger partial charge in [0.2, 0.25) is 5.91 Å². The lowest BCUT2D eigenvalue weighted by molar-refractivity contribution is -0.145. The topological polar surface area (TPSA) is 69.6 Å². The first kappa shape index (κ1) is 12.0. The summed E-state index contributed by atoms with van der Waals surface area (Å²) in [4.78, 5) is 24.1. The highest BCUT2D eigenvalue weighted by Crippen LogP contribution is 2.12. The molecule has 0 spiro atoms. The maximum Gasteiger partial charge on any atom is 0.321 e. The summed E-state index contributed by atoms with van der Waals surface area (Å²) in [6, 6.07) is -0.561. The van der Waals surface area contributed by atoms with Crippen LogP contribution in [0.2, 0.25) is 0 Å². The van der Waals surface area contributed by atoms with Crippen LogP contribution in [-0.4, -0.2) is 47.6 Å². The quantitative estimate of drug-likeness (QED) is 0.689. The van der Waals surface area contributed by atoms with Crippen LogP contribution in [0, 0.1) is 5.92 Å². The predicted molar refractivity (Wildman–Crippen MR) is 55.5 cm³/mol. The molecule has 1 rings (SSSR count). The molecule has 0 aromatic carbocycles. The molecule has 2 N–H and O–H groups in total. The Morgan fingerprint density at radius 1 is 1.53 bits per heavy atom. The van der Waals surface area contributed by atoms with E-state index in [0.717, 1.165) is 6.42 Å². The van der Waals surface area contributed by atoms with E-state index < -0.39 is 12.0 Å². The number of carboxylic acid groups (broad SMARTS) is 1. The van der Waals surface area contributed by atoms with Crippen LogP contribution < -0.4 is 5.32 Å². The van der Waals surface area contributed by atoms with Crippen molar-refractivity contribution in [3.63, 3.8) is 0 Å². The van der Waals surface area contributed by atoms with Gasteiger partial charge in [-0.2, -0.15) is 0 Å². The van der Waals surface area contributed by atoms with Crippen molar-refractivity contribution < 1.29 is 14.7 Å². The number of hydrogen-bond acceptors (Lipinski definition) is 3. The number of carboxylic acids is 1. The van der Waals surface area contributed by atoms with Gasteiger partial charge in [0.15, 0.2) is 0 Å². The zero-order valence-electron chi connectivity index (χ0n) is 9.19. The third-order valence-corrected chi connectivity index (χ3v) is 2.57. The normalized spacial score (nSPS) is 20.9. The Kier molecular flexibility index (Phi) is 4.08. The average molecular weight is 214 g/mol. The molecule has 1 unspecified atom stereocenters. The van der Waals surface area contributed by atoms with Gasteiger partial charge < -0.3 is 10.4 Å². The van der Waals surface area contributed by atoms with Gasteiger partial charge in [0.05, 0.1) is 6.54 Å². The van der Waals surface area contributed by atoms with Gasteiger partial charge in [-0.1, -0.05) is 13.8 Å². The first-order valence-electron chi connectivity index (χ1n) is 5.26. The summed E-state index contributed by atoms with van der Waals surface area (Å²) in [5, 5.41) is 11.8. The van der Waals surface area contributed by atoms with Crippen LogP contribution in [0.5, 0.6) is 0 Å². The monoisotopic (exact) mass is 214 g/mol. The molecule has 1 atom stereocenters. The van der Waals surface area contributed by atoms with Crippen molar-refractivity contribution in [2.24, 2.45) is 5.92 Å². The SMILES string of the molecule is CC(C)C(C(=O)O)N1CCCNC(=O)C1. The fraction of sp³-hybridized carbons (Fsp3) is 0.800. The number of carbonyl (C=O) groups is 2. The molecule has 1 amide bonds. The highest BCUT2D eigenvalue weighted by Gasteiger charge is 2.30. The second-order valence-corrected chi connectivity index (χ2v) is 4.20. The molecular weight excluding hydrogens is 196 g/mol. The molecule has 0 bridgehead atoms. The fourth-order valence-electron chi connectivity index (χ4n) is 1.93. The van der Waals surface area contributed by atoms with Crippen LogP contribution in [0.4, 0.5) is 0 Å². The van der Waals surface area contributed by atoms with E-state index in [1.807, 2.05) is 13.8 Å². The minimum atomic E-state index is -0.847. The maximum absolute atomic E-state index is 11.3. The second-order valence-electron chi connectivity index (χ2n) is 4.20. The molecule has 1 fully saturated rings. The van der Waals surface area contributed by atoms with Crippen molar-refractivity contribution in [1.82, 2.24) is 10.2 Å². The molecule has 15 heavy (non-hydrogen) atoms. The highest BCUT2D eigenvalue weighted by molar-refractivity contribution is 5.80. The summed E-state index contributed by atoms with van der Waals surface area (Å²) in [6.45, 7) is 5.21. The van der Waals surface area contributed by atoms with Crippen LogP contribution in [0.3, 0.4) is 0 Å². The van der Waals surface area contributed by atoms with Crippen molar-refractivity contribution in [1.29, 1.82) is 0 Å². The largest absolute Gasteiger partial charge is 0.480 e. The molecule has 1 aliphatic rings. The number of nitrogens with one attached hydrogen (secondary N) is 1. The average Bonchev–Trinajstić information content (AvgIpc) is 2.28. The zero-order valence-corrected chi connectivity index (χ0v) is 9.19. The summed E-state index contributed by atoms with van der Waals surface area (Å²) in [5.74, 6) is -0.924. The van der Waals surface area contributed by atoms with Gasteiger partial charge in [-0.15, -0.1) is 0 Å². The first-order chi connectivity index (χ1) is 7.02. The number of carbonyl (C=O) groups excluding carboxylic acids is 1. The lowest BCUT2D eigenvalue weighted by Crippen LogP contribution is -2.47. The lowest BCUT2D eigenvalue weighted by atomic mass is 10.0. The maximum atomic E-state index is 11.3. The summed E-state index contributed by atoms with van der Waals surface area (Å²) in [5.41, 5.74) is 0. The van der Waals surface area contributed by atoms with Gasteiger partial charge in [-0.3, -0.25) is 14.5 Å². The summed E-state index contributed by atoms with van der Waals surface area (Å²) in [7, 11) is 0. The zero-order chi connectivity index (χ0) is 11.4. The Hall–Kier alpha value is -1.10. The minimum Gasteiger partial charge on any atom is -0.480 e. The Balaban J connectivity index is 2.72. The Morgan fingerprint density at radius 3 is 2.73 bits per heavy atom. The summed E-state index contributed by atoms with van der Waals surface area (Å²) in [6.07, 6.45) is 0.808. The smallest absolute Gasteiger partial charge is 0.321 e. The summed E-state index contributed by atoms with van der Waals surface area (Å²) < 4.78 is 0. The van der Waals surface area contributed by atoms with E-state index >= 15 is 0 Å². The first-order valence-corrected chi connectivity index (χ1v) is 5.26. The van der Waals surface area contributed by atoms with Gasteiger partial charge in [-0.05, 0) is 12.3 Å². The van der Waals surface area contributed by atoms with Crippen molar-refractivity contribution in [3.8, 4) is 0 Å². The van der Waals surface area contributed by atoms with Crippen molar-refractivity contribution in [2.75, 3.05) is 19.6 Å². The molecule has 0 aliphatic carbocycles. The van der Waals surface area contributed by atoms with Crippen molar-refractivity contribution >= 4 is 11.9 Å². The van der Waals surface area contributed by atoms with E-state index in [1.165, 1.54) is 0 Å². The Labute approximate surface area is 89.4 Å². The van der Waals surface area contributed by atoms with Crippen LogP contribution in [0.15, 0.2) is 0 Å². The molecule has 0 aromatic heterocycles. The van der Waals surface area contributed by atoms with E-state index in [1.54, 1.807) is 4.90 Å². The Morgan fingerprint density at radius 2 is 2.20 bits per heavy atom.